The monoisotopic (exact) mass is 331 g/mol. The predicted molar refractivity (Wildman–Crippen MR) is 91.7 cm³/mol. The van der Waals surface area contributed by atoms with E-state index in [1.165, 1.54) is 6.33 Å². The Labute approximate surface area is 139 Å². The number of anilines is 1. The molecule has 0 aliphatic heterocycles. The third-order valence-electron chi connectivity index (χ3n) is 3.64. The lowest BCUT2D eigenvalue weighted by Gasteiger charge is -2.20. The van der Waals surface area contributed by atoms with E-state index in [1.54, 1.807) is 0 Å². The fourth-order valence-electron chi connectivity index (χ4n) is 2.30. The van der Waals surface area contributed by atoms with Crippen LogP contribution in [-0.4, -0.2) is 49.3 Å². The van der Waals surface area contributed by atoms with Crippen LogP contribution >= 0.6 is 0 Å². The van der Waals surface area contributed by atoms with Crippen molar-refractivity contribution in [2.45, 2.75) is 19.9 Å². The lowest BCUT2D eigenvalue weighted by atomic mass is 10.1. The fraction of sp³-hybridized carbons (Fsp3) is 0.312. The van der Waals surface area contributed by atoms with E-state index >= 15 is 0 Å². The van der Waals surface area contributed by atoms with Crippen molar-refractivity contribution in [3.05, 3.63) is 30.7 Å². The van der Waals surface area contributed by atoms with E-state index in [0.717, 1.165) is 28.2 Å². The summed E-state index contributed by atoms with van der Waals surface area (Å²) >= 11 is 0. The minimum atomic E-state index is -0.250. The second kappa shape index (κ2) is 8.11. The molecule has 3 aromatic rings. The van der Waals surface area contributed by atoms with Crippen LogP contribution in [-0.2, 0) is 4.79 Å². The van der Waals surface area contributed by atoms with Crippen LogP contribution in [0.1, 0.15) is 13.8 Å². The quantitative estimate of drug-likeness (QED) is 0.456. The Morgan fingerprint density at radius 1 is 1.33 bits per heavy atom. The molecule has 0 amide bonds. The number of H-pyrrole nitrogens is 2. The SMILES string of the molecule is CC(C)[C@H](CO)Nc1ncnc2[nH]c(-c3ccc[nH]3)cc12.O=CO. The van der Waals surface area contributed by atoms with Crippen molar-refractivity contribution in [2.24, 2.45) is 5.92 Å². The highest BCUT2D eigenvalue weighted by Crippen LogP contribution is 2.26. The van der Waals surface area contributed by atoms with E-state index in [0.29, 0.717) is 5.92 Å². The molecule has 3 heterocycles. The van der Waals surface area contributed by atoms with Gasteiger partial charge in [0.15, 0.2) is 0 Å². The first-order valence-electron chi connectivity index (χ1n) is 7.53. The van der Waals surface area contributed by atoms with Crippen LogP contribution in [0.4, 0.5) is 5.82 Å². The fourth-order valence-corrected chi connectivity index (χ4v) is 2.30. The Morgan fingerprint density at radius 2 is 2.08 bits per heavy atom. The van der Waals surface area contributed by atoms with Gasteiger partial charge in [0.1, 0.15) is 17.8 Å². The largest absolute Gasteiger partial charge is 0.483 e. The summed E-state index contributed by atoms with van der Waals surface area (Å²) in [4.78, 5) is 23.4. The highest BCUT2D eigenvalue weighted by molar-refractivity contribution is 5.91. The zero-order valence-electron chi connectivity index (χ0n) is 13.5. The molecule has 1 atom stereocenters. The van der Waals surface area contributed by atoms with E-state index in [1.807, 2.05) is 24.4 Å². The van der Waals surface area contributed by atoms with E-state index in [2.05, 4.69) is 39.1 Å². The number of nitrogens with one attached hydrogen (secondary N) is 3. The minimum Gasteiger partial charge on any atom is -0.483 e. The molecule has 0 saturated heterocycles. The third kappa shape index (κ3) is 3.90. The maximum atomic E-state index is 9.47. The molecule has 5 N–H and O–H groups in total. The normalized spacial score (nSPS) is 11.8. The molecule has 8 heteroatoms. The number of carboxylic acid groups (broad SMARTS) is 1. The Morgan fingerprint density at radius 3 is 2.67 bits per heavy atom. The average Bonchev–Trinajstić information content (AvgIpc) is 3.21. The molecule has 0 aliphatic carbocycles. The number of hydrogen-bond acceptors (Lipinski definition) is 5. The van der Waals surface area contributed by atoms with Gasteiger partial charge in [0.25, 0.3) is 6.47 Å². The van der Waals surface area contributed by atoms with Gasteiger partial charge in [-0.25, -0.2) is 9.97 Å². The number of fused-ring (bicyclic) bond motifs is 1. The van der Waals surface area contributed by atoms with Crippen LogP contribution in [0.3, 0.4) is 0 Å². The molecule has 0 saturated carbocycles. The van der Waals surface area contributed by atoms with E-state index in [-0.39, 0.29) is 19.1 Å². The van der Waals surface area contributed by atoms with E-state index in [4.69, 9.17) is 9.90 Å². The molecule has 0 spiro atoms. The Balaban J connectivity index is 0.000000647. The van der Waals surface area contributed by atoms with Crippen molar-refractivity contribution in [2.75, 3.05) is 11.9 Å². The second-order valence-corrected chi connectivity index (χ2v) is 5.53. The summed E-state index contributed by atoms with van der Waals surface area (Å²) in [5.41, 5.74) is 2.74. The standard InChI is InChI=1S/C15H19N5O.CH2O2/c1-9(2)13(7-21)20-15-10-6-12(11-4-3-5-16-11)19-14(10)17-8-18-15;2-1-3/h3-6,8-9,13,16,21H,7H2,1-2H3,(H2,17,18,19,20);1H,(H,2,3)/t13-;/m0./s1. The van der Waals surface area contributed by atoms with E-state index < -0.39 is 0 Å². The number of aromatic nitrogens is 4. The van der Waals surface area contributed by atoms with Gasteiger partial charge in [0.2, 0.25) is 0 Å². The maximum absolute atomic E-state index is 9.47. The smallest absolute Gasteiger partial charge is 0.290 e. The average molecular weight is 331 g/mol. The molecule has 8 nitrogen and oxygen atoms in total. The summed E-state index contributed by atoms with van der Waals surface area (Å²) in [6.45, 7) is 3.94. The summed E-state index contributed by atoms with van der Waals surface area (Å²) in [5.74, 6) is 1.05. The molecule has 0 bridgehead atoms. The number of carbonyl (C=O) groups is 1. The van der Waals surface area contributed by atoms with Gasteiger partial charge in [0, 0.05) is 6.20 Å². The van der Waals surface area contributed by atoms with Crippen molar-refractivity contribution in [1.29, 1.82) is 0 Å². The first-order chi connectivity index (χ1) is 11.6. The molecule has 0 aromatic carbocycles. The van der Waals surface area contributed by atoms with Crippen molar-refractivity contribution >= 4 is 23.3 Å². The topological polar surface area (TPSA) is 127 Å². The number of nitrogens with zero attached hydrogens (tertiary/aromatic N) is 2. The van der Waals surface area contributed by atoms with Gasteiger partial charge in [0.05, 0.1) is 29.4 Å². The summed E-state index contributed by atoms with van der Waals surface area (Å²) in [7, 11) is 0. The lowest BCUT2D eigenvalue weighted by Crippen LogP contribution is -2.29. The van der Waals surface area contributed by atoms with Crippen molar-refractivity contribution < 1.29 is 15.0 Å². The van der Waals surface area contributed by atoms with Crippen LogP contribution < -0.4 is 5.32 Å². The van der Waals surface area contributed by atoms with Gasteiger partial charge >= 0.3 is 0 Å². The lowest BCUT2D eigenvalue weighted by molar-refractivity contribution is -0.122. The molecular formula is C16H21N5O3. The highest BCUT2D eigenvalue weighted by Gasteiger charge is 2.15. The molecule has 3 aromatic heterocycles. The van der Waals surface area contributed by atoms with Crippen LogP contribution in [0.15, 0.2) is 30.7 Å². The zero-order chi connectivity index (χ0) is 17.5. The van der Waals surface area contributed by atoms with Crippen LogP contribution in [0.5, 0.6) is 0 Å². The number of rotatable bonds is 5. The molecule has 0 radical (unpaired) electrons. The first kappa shape index (κ1) is 17.5. The van der Waals surface area contributed by atoms with Gasteiger partial charge < -0.3 is 25.5 Å². The van der Waals surface area contributed by atoms with Crippen molar-refractivity contribution in [3.63, 3.8) is 0 Å². The summed E-state index contributed by atoms with van der Waals surface area (Å²) < 4.78 is 0. The van der Waals surface area contributed by atoms with Gasteiger partial charge in [-0.2, -0.15) is 0 Å². The third-order valence-corrected chi connectivity index (χ3v) is 3.64. The van der Waals surface area contributed by atoms with Gasteiger partial charge in [-0.3, -0.25) is 4.79 Å². The first-order valence-corrected chi connectivity index (χ1v) is 7.53. The molecule has 24 heavy (non-hydrogen) atoms. The van der Waals surface area contributed by atoms with Gasteiger partial charge in [-0.05, 0) is 24.1 Å². The second-order valence-electron chi connectivity index (χ2n) is 5.53. The van der Waals surface area contributed by atoms with Gasteiger partial charge in [-0.15, -0.1) is 0 Å². The molecular weight excluding hydrogens is 310 g/mol. The molecule has 0 unspecified atom stereocenters. The number of aliphatic hydroxyl groups is 1. The van der Waals surface area contributed by atoms with E-state index in [9.17, 15) is 5.11 Å². The maximum Gasteiger partial charge on any atom is 0.290 e. The predicted octanol–water partition coefficient (Wildman–Crippen LogP) is 2.08. The van der Waals surface area contributed by atoms with Gasteiger partial charge in [-0.1, -0.05) is 13.8 Å². The molecule has 128 valence electrons. The zero-order valence-corrected chi connectivity index (χ0v) is 13.5. The summed E-state index contributed by atoms with van der Waals surface area (Å²) in [6.07, 6.45) is 3.40. The molecule has 0 fully saturated rings. The van der Waals surface area contributed by atoms with Crippen molar-refractivity contribution in [1.82, 2.24) is 19.9 Å². The van der Waals surface area contributed by atoms with Crippen LogP contribution in [0, 0.1) is 5.92 Å². The number of aromatic amines is 2. The van der Waals surface area contributed by atoms with Crippen LogP contribution in [0.2, 0.25) is 0 Å². The van der Waals surface area contributed by atoms with Crippen LogP contribution in [0.25, 0.3) is 22.4 Å². The summed E-state index contributed by atoms with van der Waals surface area (Å²) in [6, 6.07) is 5.92. The highest BCUT2D eigenvalue weighted by atomic mass is 16.3. The molecule has 3 rings (SSSR count). The number of aliphatic hydroxyl groups excluding tert-OH is 1. The summed E-state index contributed by atoms with van der Waals surface area (Å²) in [5, 5.41) is 20.6. The minimum absolute atomic E-state index is 0.0352. The molecule has 0 aliphatic rings. The Bertz CT molecular complexity index is 767. The Hall–Kier alpha value is -2.87. The number of hydrogen-bond donors (Lipinski definition) is 5. The van der Waals surface area contributed by atoms with Crippen molar-refractivity contribution in [3.8, 4) is 11.4 Å². The Kier molecular flexibility index (Phi) is 5.91.